The molecule has 9 heteroatoms. The van der Waals surface area contributed by atoms with E-state index in [4.69, 9.17) is 15.4 Å². The molecule has 0 aromatic heterocycles. The van der Waals surface area contributed by atoms with Crippen LogP contribution >= 0.6 is 0 Å². The molecule has 0 bridgehead atoms. The Labute approximate surface area is 98.1 Å². The lowest BCUT2D eigenvalue weighted by Crippen LogP contribution is -2.44. The predicted octanol–water partition coefficient (Wildman–Crippen LogP) is -2.29. The number of sulfonamides is 1. The van der Waals surface area contributed by atoms with E-state index < -0.39 is 39.8 Å². The van der Waals surface area contributed by atoms with Crippen LogP contribution in [0, 0.1) is 0 Å². The first-order chi connectivity index (χ1) is 7.77. The van der Waals surface area contributed by atoms with Crippen LogP contribution in [0.25, 0.3) is 0 Å². The van der Waals surface area contributed by atoms with E-state index >= 15 is 0 Å². The lowest BCUT2D eigenvalue weighted by atomic mass is 10.2. The Morgan fingerprint density at radius 1 is 1.59 bits per heavy atom. The predicted molar refractivity (Wildman–Crippen MR) is 56.4 cm³/mol. The standard InChI is InChI=1S/C8H14N2O6S/c9-17(15,16)5-3-7(12)10(4-5)6(1-2-11)8(13)14/h5-6,11H,1-4H2,(H,13,14)(H2,9,15,16). The highest BCUT2D eigenvalue weighted by molar-refractivity contribution is 7.89. The summed E-state index contributed by atoms with van der Waals surface area (Å²) < 4.78 is 22.2. The van der Waals surface area contributed by atoms with Crippen molar-refractivity contribution in [3.8, 4) is 0 Å². The topological polar surface area (TPSA) is 138 Å². The van der Waals surface area contributed by atoms with Crippen LogP contribution < -0.4 is 5.14 Å². The zero-order valence-electron chi connectivity index (χ0n) is 8.94. The zero-order chi connectivity index (χ0) is 13.2. The Hall–Kier alpha value is -1.19. The average molecular weight is 266 g/mol. The van der Waals surface area contributed by atoms with Crippen molar-refractivity contribution in [1.29, 1.82) is 0 Å². The highest BCUT2D eigenvalue weighted by Gasteiger charge is 2.41. The van der Waals surface area contributed by atoms with Gasteiger partial charge in [0.15, 0.2) is 0 Å². The first-order valence-electron chi connectivity index (χ1n) is 4.92. The number of amides is 1. The van der Waals surface area contributed by atoms with Crippen molar-refractivity contribution in [1.82, 2.24) is 4.90 Å². The number of likely N-dealkylation sites (tertiary alicyclic amines) is 1. The summed E-state index contributed by atoms with van der Waals surface area (Å²) in [6.07, 6.45) is -0.452. The smallest absolute Gasteiger partial charge is 0.326 e. The highest BCUT2D eigenvalue weighted by atomic mass is 32.2. The van der Waals surface area contributed by atoms with Crippen molar-refractivity contribution in [2.75, 3.05) is 13.2 Å². The van der Waals surface area contributed by atoms with E-state index in [1.54, 1.807) is 0 Å². The molecule has 0 radical (unpaired) electrons. The highest BCUT2D eigenvalue weighted by Crippen LogP contribution is 2.20. The summed E-state index contributed by atoms with van der Waals surface area (Å²) in [4.78, 5) is 23.3. The Morgan fingerprint density at radius 3 is 2.53 bits per heavy atom. The second-order valence-electron chi connectivity index (χ2n) is 3.83. The summed E-state index contributed by atoms with van der Waals surface area (Å²) >= 11 is 0. The van der Waals surface area contributed by atoms with Gasteiger partial charge in [0.2, 0.25) is 15.9 Å². The Bertz CT molecular complexity index is 420. The molecule has 1 fully saturated rings. The zero-order valence-corrected chi connectivity index (χ0v) is 9.76. The van der Waals surface area contributed by atoms with Gasteiger partial charge in [0.25, 0.3) is 0 Å². The molecule has 2 atom stereocenters. The molecule has 1 amide bonds. The summed E-state index contributed by atoms with van der Waals surface area (Å²) in [6.45, 7) is -0.643. The largest absolute Gasteiger partial charge is 0.480 e. The SMILES string of the molecule is NS(=O)(=O)C1CC(=O)N(C(CCO)C(=O)O)C1. The molecule has 0 aromatic carbocycles. The summed E-state index contributed by atoms with van der Waals surface area (Å²) in [5.74, 6) is -1.85. The molecule has 1 aliphatic rings. The van der Waals surface area contributed by atoms with Gasteiger partial charge in [0.05, 0.1) is 0 Å². The number of rotatable bonds is 5. The molecule has 2 unspecified atom stereocenters. The third-order valence-electron chi connectivity index (χ3n) is 2.65. The van der Waals surface area contributed by atoms with Crippen molar-refractivity contribution in [3.63, 3.8) is 0 Å². The first-order valence-corrected chi connectivity index (χ1v) is 6.53. The van der Waals surface area contributed by atoms with Crippen LogP contribution in [-0.4, -0.2) is 59.9 Å². The Balaban J connectivity index is 2.85. The van der Waals surface area contributed by atoms with Crippen LogP contribution in [0.4, 0.5) is 0 Å². The van der Waals surface area contributed by atoms with Crippen molar-refractivity contribution in [3.05, 3.63) is 0 Å². The molecule has 8 nitrogen and oxygen atoms in total. The number of hydrogen-bond acceptors (Lipinski definition) is 5. The molecule has 0 spiro atoms. The third-order valence-corrected chi connectivity index (χ3v) is 3.90. The normalized spacial score (nSPS) is 22.8. The summed E-state index contributed by atoms with van der Waals surface area (Å²) in [5.41, 5.74) is 0. The molecule has 98 valence electrons. The molecular formula is C8H14N2O6S. The molecule has 17 heavy (non-hydrogen) atoms. The Morgan fingerprint density at radius 2 is 2.18 bits per heavy atom. The van der Waals surface area contributed by atoms with Crippen LogP contribution in [-0.2, 0) is 19.6 Å². The number of aliphatic hydroxyl groups excluding tert-OH is 1. The lowest BCUT2D eigenvalue weighted by Gasteiger charge is -2.23. The maximum Gasteiger partial charge on any atom is 0.326 e. The van der Waals surface area contributed by atoms with Gasteiger partial charge in [-0.1, -0.05) is 0 Å². The van der Waals surface area contributed by atoms with Crippen LogP contribution in [0.15, 0.2) is 0 Å². The number of aliphatic hydroxyl groups is 1. The number of carboxylic acid groups (broad SMARTS) is 1. The second-order valence-corrected chi connectivity index (χ2v) is 5.67. The quantitative estimate of drug-likeness (QED) is 0.512. The van der Waals surface area contributed by atoms with Gasteiger partial charge in [-0.3, -0.25) is 4.79 Å². The minimum Gasteiger partial charge on any atom is -0.480 e. The van der Waals surface area contributed by atoms with Gasteiger partial charge < -0.3 is 15.1 Å². The van der Waals surface area contributed by atoms with E-state index in [0.29, 0.717) is 0 Å². The van der Waals surface area contributed by atoms with Gasteiger partial charge in [0.1, 0.15) is 11.3 Å². The van der Waals surface area contributed by atoms with E-state index in [-0.39, 0.29) is 19.4 Å². The number of carbonyl (C=O) groups is 2. The minimum atomic E-state index is -3.86. The molecular weight excluding hydrogens is 252 g/mol. The minimum absolute atomic E-state index is 0.140. The molecule has 1 saturated heterocycles. The van der Waals surface area contributed by atoms with E-state index in [9.17, 15) is 18.0 Å². The number of carbonyl (C=O) groups excluding carboxylic acids is 1. The van der Waals surface area contributed by atoms with Crippen molar-refractivity contribution < 1.29 is 28.2 Å². The molecule has 1 heterocycles. The lowest BCUT2D eigenvalue weighted by molar-refractivity contribution is -0.148. The number of nitrogens with zero attached hydrogens (tertiary/aromatic N) is 1. The summed E-state index contributed by atoms with van der Waals surface area (Å²) in [7, 11) is -3.86. The van der Waals surface area contributed by atoms with Gasteiger partial charge in [0, 0.05) is 26.0 Å². The van der Waals surface area contributed by atoms with Crippen molar-refractivity contribution >= 4 is 21.9 Å². The number of primary sulfonamides is 1. The van der Waals surface area contributed by atoms with E-state index in [0.717, 1.165) is 4.90 Å². The van der Waals surface area contributed by atoms with Crippen molar-refractivity contribution in [2.45, 2.75) is 24.1 Å². The van der Waals surface area contributed by atoms with Crippen LogP contribution in [0.2, 0.25) is 0 Å². The van der Waals surface area contributed by atoms with Crippen LogP contribution in [0.3, 0.4) is 0 Å². The van der Waals surface area contributed by atoms with E-state index in [1.165, 1.54) is 0 Å². The number of nitrogens with two attached hydrogens (primary N) is 1. The van der Waals surface area contributed by atoms with E-state index in [1.807, 2.05) is 0 Å². The number of aliphatic carboxylic acids is 1. The maximum atomic E-state index is 11.5. The van der Waals surface area contributed by atoms with Gasteiger partial charge in [-0.2, -0.15) is 0 Å². The van der Waals surface area contributed by atoms with Crippen LogP contribution in [0.1, 0.15) is 12.8 Å². The second kappa shape index (κ2) is 4.98. The molecule has 0 aliphatic carbocycles. The fraction of sp³-hybridized carbons (Fsp3) is 0.750. The summed E-state index contributed by atoms with van der Waals surface area (Å²) in [6, 6.07) is -1.21. The Kier molecular flexibility index (Phi) is 4.07. The maximum absolute atomic E-state index is 11.5. The molecule has 0 saturated carbocycles. The van der Waals surface area contributed by atoms with Crippen LogP contribution in [0.5, 0.6) is 0 Å². The fourth-order valence-corrected chi connectivity index (χ4v) is 2.50. The summed E-state index contributed by atoms with van der Waals surface area (Å²) in [5, 5.41) is 21.4. The molecule has 0 aromatic rings. The molecule has 1 rings (SSSR count). The number of hydrogen-bond donors (Lipinski definition) is 3. The van der Waals surface area contributed by atoms with Gasteiger partial charge >= 0.3 is 5.97 Å². The fourth-order valence-electron chi connectivity index (χ4n) is 1.75. The third kappa shape index (κ3) is 3.14. The first kappa shape index (κ1) is 13.9. The number of carboxylic acids is 1. The van der Waals surface area contributed by atoms with Gasteiger partial charge in [-0.25, -0.2) is 18.4 Å². The van der Waals surface area contributed by atoms with E-state index in [2.05, 4.69) is 0 Å². The molecule has 1 aliphatic heterocycles. The average Bonchev–Trinajstić information content (AvgIpc) is 2.55. The van der Waals surface area contributed by atoms with Gasteiger partial charge in [-0.05, 0) is 0 Å². The molecule has 4 N–H and O–H groups in total. The van der Waals surface area contributed by atoms with Crippen molar-refractivity contribution in [2.24, 2.45) is 5.14 Å². The monoisotopic (exact) mass is 266 g/mol. The van der Waals surface area contributed by atoms with Gasteiger partial charge in [-0.15, -0.1) is 0 Å².